The molecular weight excluding hydrogens is 256 g/mol. The summed E-state index contributed by atoms with van der Waals surface area (Å²) in [6.45, 7) is 1.93. The van der Waals surface area contributed by atoms with Gasteiger partial charge in [-0.2, -0.15) is 0 Å². The van der Waals surface area contributed by atoms with E-state index < -0.39 is 0 Å². The number of carbonyl (C=O) groups excluding carboxylic acids is 1. The lowest BCUT2D eigenvalue weighted by atomic mass is 10.1. The SMILES string of the molecule is Cc1ccc(C#CCCO)cc1NC(=O)c1ccon1. The van der Waals surface area contributed by atoms with Crippen molar-refractivity contribution in [3.63, 3.8) is 0 Å². The highest BCUT2D eigenvalue weighted by atomic mass is 16.5. The fourth-order valence-electron chi connectivity index (χ4n) is 1.57. The molecule has 0 bridgehead atoms. The van der Waals surface area contributed by atoms with Crippen LogP contribution in [-0.4, -0.2) is 22.8 Å². The highest BCUT2D eigenvalue weighted by Crippen LogP contribution is 2.17. The van der Waals surface area contributed by atoms with E-state index in [2.05, 4.69) is 26.8 Å². The summed E-state index contributed by atoms with van der Waals surface area (Å²) in [5, 5.41) is 15.0. The van der Waals surface area contributed by atoms with Crippen LogP contribution < -0.4 is 5.32 Å². The minimum atomic E-state index is -0.331. The van der Waals surface area contributed by atoms with Crippen LogP contribution in [0.25, 0.3) is 0 Å². The fraction of sp³-hybridized carbons (Fsp3) is 0.200. The largest absolute Gasteiger partial charge is 0.395 e. The molecule has 1 heterocycles. The molecule has 0 aliphatic carbocycles. The third-order valence-electron chi connectivity index (χ3n) is 2.63. The number of hydrogen-bond donors (Lipinski definition) is 2. The first-order chi connectivity index (χ1) is 9.70. The summed E-state index contributed by atoms with van der Waals surface area (Å²) in [4.78, 5) is 11.9. The van der Waals surface area contributed by atoms with Crippen molar-refractivity contribution >= 4 is 11.6 Å². The molecule has 0 unspecified atom stereocenters. The van der Waals surface area contributed by atoms with Crippen molar-refractivity contribution < 1.29 is 14.4 Å². The molecule has 1 aromatic carbocycles. The second kappa shape index (κ2) is 6.55. The van der Waals surface area contributed by atoms with Crippen LogP contribution in [0.1, 0.15) is 28.0 Å². The number of hydrogen-bond acceptors (Lipinski definition) is 4. The third kappa shape index (κ3) is 3.46. The van der Waals surface area contributed by atoms with E-state index in [-0.39, 0.29) is 18.2 Å². The monoisotopic (exact) mass is 270 g/mol. The number of aliphatic hydroxyl groups excluding tert-OH is 1. The summed E-state index contributed by atoms with van der Waals surface area (Å²) in [5.74, 6) is 5.43. The maximum atomic E-state index is 11.9. The number of aryl methyl sites for hydroxylation is 1. The molecule has 1 amide bonds. The van der Waals surface area contributed by atoms with Gasteiger partial charge in [0.05, 0.1) is 6.61 Å². The van der Waals surface area contributed by atoms with E-state index in [1.165, 1.54) is 12.3 Å². The maximum Gasteiger partial charge on any atom is 0.277 e. The van der Waals surface area contributed by atoms with Gasteiger partial charge in [-0.25, -0.2) is 0 Å². The van der Waals surface area contributed by atoms with Gasteiger partial charge in [-0.05, 0) is 24.6 Å². The zero-order chi connectivity index (χ0) is 14.4. The third-order valence-corrected chi connectivity index (χ3v) is 2.63. The quantitative estimate of drug-likeness (QED) is 0.836. The van der Waals surface area contributed by atoms with E-state index in [9.17, 15) is 4.79 Å². The van der Waals surface area contributed by atoms with E-state index in [0.717, 1.165) is 11.1 Å². The van der Waals surface area contributed by atoms with Crippen LogP contribution in [0.3, 0.4) is 0 Å². The number of benzene rings is 1. The Morgan fingerprint density at radius 2 is 2.30 bits per heavy atom. The van der Waals surface area contributed by atoms with Crippen LogP contribution in [0.5, 0.6) is 0 Å². The Hall–Kier alpha value is -2.58. The molecule has 0 spiro atoms. The van der Waals surface area contributed by atoms with Gasteiger partial charge < -0.3 is 14.9 Å². The Morgan fingerprint density at radius 3 is 3.00 bits per heavy atom. The standard InChI is InChI=1S/C15H14N2O3/c1-11-5-6-12(4-2-3-8-18)10-14(11)16-15(19)13-7-9-20-17-13/h5-7,9-10,18H,3,8H2,1H3,(H,16,19). The molecule has 5 heteroatoms. The van der Waals surface area contributed by atoms with Crippen molar-refractivity contribution in [3.8, 4) is 11.8 Å². The van der Waals surface area contributed by atoms with Crippen molar-refractivity contribution in [2.75, 3.05) is 11.9 Å². The van der Waals surface area contributed by atoms with Gasteiger partial charge in [0.25, 0.3) is 5.91 Å². The van der Waals surface area contributed by atoms with E-state index in [1.54, 1.807) is 6.07 Å². The van der Waals surface area contributed by atoms with Crippen molar-refractivity contribution in [2.24, 2.45) is 0 Å². The lowest BCUT2D eigenvalue weighted by Crippen LogP contribution is -2.13. The Bertz CT molecular complexity index is 651. The van der Waals surface area contributed by atoms with E-state index >= 15 is 0 Å². The molecule has 0 aliphatic heterocycles. The number of rotatable bonds is 3. The second-order valence-electron chi connectivity index (χ2n) is 4.14. The Balaban J connectivity index is 2.17. The van der Waals surface area contributed by atoms with Gasteiger partial charge in [-0.15, -0.1) is 0 Å². The average Bonchev–Trinajstić information content (AvgIpc) is 2.97. The van der Waals surface area contributed by atoms with Crippen molar-refractivity contribution in [3.05, 3.63) is 47.3 Å². The lowest BCUT2D eigenvalue weighted by molar-refractivity contribution is 0.101. The van der Waals surface area contributed by atoms with Gasteiger partial charge in [0.2, 0.25) is 0 Å². The van der Waals surface area contributed by atoms with Crippen LogP contribution >= 0.6 is 0 Å². The molecule has 20 heavy (non-hydrogen) atoms. The van der Waals surface area contributed by atoms with Gasteiger partial charge in [-0.1, -0.05) is 23.1 Å². The maximum absolute atomic E-state index is 11.9. The van der Waals surface area contributed by atoms with Crippen LogP contribution in [0.2, 0.25) is 0 Å². The molecule has 0 atom stereocenters. The minimum absolute atomic E-state index is 0.0363. The number of amides is 1. The topological polar surface area (TPSA) is 75.4 Å². The summed E-state index contributed by atoms with van der Waals surface area (Å²) in [7, 11) is 0. The van der Waals surface area contributed by atoms with Gasteiger partial charge in [0, 0.05) is 23.7 Å². The number of aromatic nitrogens is 1. The number of aliphatic hydroxyl groups is 1. The fourth-order valence-corrected chi connectivity index (χ4v) is 1.57. The summed E-state index contributed by atoms with van der Waals surface area (Å²) in [6.07, 6.45) is 1.77. The minimum Gasteiger partial charge on any atom is -0.395 e. The lowest BCUT2D eigenvalue weighted by Gasteiger charge is -2.07. The van der Waals surface area contributed by atoms with Crippen LogP contribution in [0, 0.1) is 18.8 Å². The number of nitrogens with zero attached hydrogens (tertiary/aromatic N) is 1. The highest BCUT2D eigenvalue weighted by molar-refractivity contribution is 6.03. The summed E-state index contributed by atoms with van der Waals surface area (Å²) >= 11 is 0. The average molecular weight is 270 g/mol. The van der Waals surface area contributed by atoms with Crippen LogP contribution in [0.4, 0.5) is 5.69 Å². The summed E-state index contributed by atoms with van der Waals surface area (Å²) < 4.78 is 4.64. The summed E-state index contributed by atoms with van der Waals surface area (Å²) in [6, 6.07) is 7.03. The van der Waals surface area contributed by atoms with Gasteiger partial charge >= 0.3 is 0 Å². The zero-order valence-corrected chi connectivity index (χ0v) is 11.0. The molecule has 0 aliphatic rings. The molecule has 1 aromatic heterocycles. The van der Waals surface area contributed by atoms with Crippen molar-refractivity contribution in [1.29, 1.82) is 0 Å². The van der Waals surface area contributed by atoms with E-state index in [4.69, 9.17) is 5.11 Å². The Morgan fingerprint density at radius 1 is 1.45 bits per heavy atom. The number of nitrogens with one attached hydrogen (secondary N) is 1. The molecule has 0 saturated carbocycles. The predicted octanol–water partition coefficient (Wildman–Crippen LogP) is 1.97. The van der Waals surface area contributed by atoms with Gasteiger partial charge in [0.15, 0.2) is 5.69 Å². The van der Waals surface area contributed by atoms with Crippen molar-refractivity contribution in [2.45, 2.75) is 13.3 Å². The molecule has 0 fully saturated rings. The van der Waals surface area contributed by atoms with Crippen LogP contribution in [0.15, 0.2) is 35.1 Å². The van der Waals surface area contributed by atoms with E-state index in [0.29, 0.717) is 12.1 Å². The van der Waals surface area contributed by atoms with E-state index in [1.807, 2.05) is 19.1 Å². The first-order valence-corrected chi connectivity index (χ1v) is 6.13. The molecule has 102 valence electrons. The molecule has 0 saturated heterocycles. The smallest absolute Gasteiger partial charge is 0.277 e. The first kappa shape index (κ1) is 13.8. The normalized spacial score (nSPS) is 9.70. The van der Waals surface area contributed by atoms with Gasteiger partial charge in [-0.3, -0.25) is 4.79 Å². The van der Waals surface area contributed by atoms with Gasteiger partial charge in [0.1, 0.15) is 6.26 Å². The highest BCUT2D eigenvalue weighted by Gasteiger charge is 2.10. The molecule has 0 radical (unpaired) electrons. The first-order valence-electron chi connectivity index (χ1n) is 6.13. The molecule has 2 N–H and O–H groups in total. The second-order valence-corrected chi connectivity index (χ2v) is 4.14. The van der Waals surface area contributed by atoms with Crippen molar-refractivity contribution in [1.82, 2.24) is 5.16 Å². The van der Waals surface area contributed by atoms with Crippen LogP contribution in [-0.2, 0) is 0 Å². The molecule has 5 nitrogen and oxygen atoms in total. The summed E-state index contributed by atoms with van der Waals surface area (Å²) in [5.41, 5.74) is 2.60. The molecule has 2 aromatic rings. The number of anilines is 1. The predicted molar refractivity (Wildman–Crippen MR) is 74.2 cm³/mol. The molecule has 2 rings (SSSR count). The Kier molecular flexibility index (Phi) is 4.53. The number of carbonyl (C=O) groups is 1. The molecular formula is C15H14N2O3. The Labute approximate surface area is 116 Å². The zero-order valence-electron chi connectivity index (χ0n) is 11.0.